The van der Waals surface area contributed by atoms with Gasteiger partial charge in [-0.2, -0.15) is 0 Å². The van der Waals surface area contributed by atoms with Crippen molar-refractivity contribution < 1.29 is 43.5 Å². The summed E-state index contributed by atoms with van der Waals surface area (Å²) < 4.78 is 1.88. The van der Waals surface area contributed by atoms with Crippen LogP contribution in [0.1, 0.15) is 97.1 Å². The average molecular weight is 1160 g/mol. The normalized spacial score (nSPS) is 23.8. The molecule has 2 aromatic carbocycles. The van der Waals surface area contributed by atoms with Crippen molar-refractivity contribution in [2.75, 3.05) is 24.6 Å². The van der Waals surface area contributed by atoms with Crippen LogP contribution in [0.3, 0.4) is 0 Å². The minimum Gasteiger partial charge on any atom is -0.391 e. The zero-order chi connectivity index (χ0) is 57.2. The van der Waals surface area contributed by atoms with Crippen LogP contribution in [0.15, 0.2) is 59.0 Å². The van der Waals surface area contributed by atoms with Crippen molar-refractivity contribution in [2.45, 2.75) is 117 Å². The molecule has 3 aliphatic heterocycles. The number of aliphatic hydroxyl groups excluding tert-OH is 1. The van der Waals surface area contributed by atoms with Crippen molar-refractivity contribution in [1.82, 2.24) is 56.5 Å². The molecular formula is C53H62ClN13O9S3. The first-order valence-corrected chi connectivity index (χ1v) is 28.6. The van der Waals surface area contributed by atoms with Crippen molar-refractivity contribution in [3.63, 3.8) is 0 Å². The highest BCUT2D eigenvalue weighted by Gasteiger charge is 2.46. The number of carbonyl (C=O) groups excluding carboxylic acids is 8. The molecule has 22 nitrogen and oxygen atoms in total. The van der Waals surface area contributed by atoms with Gasteiger partial charge in [-0.1, -0.05) is 68.8 Å². The van der Waals surface area contributed by atoms with Gasteiger partial charge in [-0.25, -0.2) is 4.98 Å². The summed E-state index contributed by atoms with van der Waals surface area (Å²) in [5.41, 5.74) is 11.6. The molecule has 418 valence electrons. The number of nitrogens with zero attached hydrogens (tertiary/aromatic N) is 6. The first-order valence-electron chi connectivity index (χ1n) is 25.4. The van der Waals surface area contributed by atoms with Gasteiger partial charge in [-0.3, -0.25) is 47.9 Å². The average Bonchev–Trinajstić information content (AvgIpc) is 4.17. The molecule has 26 heteroatoms. The molecule has 0 unspecified atom stereocenters. The minimum absolute atomic E-state index is 0.183. The molecule has 8 rings (SSSR count). The molecule has 3 aromatic heterocycles. The summed E-state index contributed by atoms with van der Waals surface area (Å²) in [5, 5.41) is 37.1. The molecule has 6 heterocycles. The van der Waals surface area contributed by atoms with E-state index in [9.17, 15) is 43.5 Å². The Labute approximate surface area is 472 Å². The van der Waals surface area contributed by atoms with E-state index in [0.29, 0.717) is 27.9 Å². The number of nitrogens with two attached hydrogens (primary N) is 1. The topological polar surface area (TPSA) is 314 Å². The predicted octanol–water partition coefficient (Wildman–Crippen LogP) is 2.79. The Balaban J connectivity index is 1.09. The van der Waals surface area contributed by atoms with E-state index in [1.807, 2.05) is 37.5 Å². The van der Waals surface area contributed by atoms with E-state index in [4.69, 9.17) is 22.3 Å². The molecule has 3 aliphatic rings. The summed E-state index contributed by atoms with van der Waals surface area (Å²) in [6.45, 7) is 13.4. The van der Waals surface area contributed by atoms with Crippen LogP contribution in [-0.4, -0.2) is 144 Å². The summed E-state index contributed by atoms with van der Waals surface area (Å²) in [5.74, 6) is -5.93. The number of amides is 8. The van der Waals surface area contributed by atoms with Gasteiger partial charge < -0.3 is 47.6 Å². The number of fused-ring (bicyclic) bond motifs is 4. The lowest BCUT2D eigenvalue weighted by molar-refractivity contribution is -0.144. The van der Waals surface area contributed by atoms with Gasteiger partial charge in [0.2, 0.25) is 47.3 Å². The number of thiazole rings is 1. The number of aliphatic imine (C=N–C) groups is 1. The van der Waals surface area contributed by atoms with E-state index in [-0.39, 0.29) is 30.9 Å². The third-order valence-corrected chi connectivity index (χ3v) is 17.3. The van der Waals surface area contributed by atoms with Gasteiger partial charge in [0.25, 0.3) is 0 Å². The number of hydrogen-bond acceptors (Lipinski definition) is 16. The van der Waals surface area contributed by atoms with Crippen LogP contribution in [0.25, 0.3) is 15.4 Å². The highest BCUT2D eigenvalue weighted by Crippen LogP contribution is 2.40. The van der Waals surface area contributed by atoms with Crippen LogP contribution >= 0.6 is 46.0 Å². The Hall–Kier alpha value is -7.06. The van der Waals surface area contributed by atoms with Gasteiger partial charge in [-0.15, -0.1) is 44.6 Å². The van der Waals surface area contributed by atoms with Crippen molar-refractivity contribution in [3.05, 3.63) is 104 Å². The first-order chi connectivity index (χ1) is 37.4. The number of primary amides is 1. The molecule has 2 saturated heterocycles. The first kappa shape index (κ1) is 58.1. The van der Waals surface area contributed by atoms with Crippen LogP contribution in [-0.2, 0) is 38.4 Å². The molecule has 79 heavy (non-hydrogen) atoms. The number of hydrogen-bond donors (Lipinski definition) is 8. The Kier molecular flexibility index (Phi) is 17.7. The molecule has 0 saturated carbocycles. The predicted molar refractivity (Wildman–Crippen MR) is 300 cm³/mol. The minimum atomic E-state index is -1.59. The standard InChI is InChI=1S/C53H62ClN13O9S3/c1-24-27(4)79-52-40(24)41(29-13-15-32(54)16-14-29)59-34(46-65-64-28(5)67(46)52)18-38(69)56-19-35-48(73)61-36(45(55)71)21-77-22-39(70)62-44(53(6,7)8)51(76)66-20-33(68)17-37(66)49(74)63-42(50(75)58-26(3)47(72)60-35)30-9-11-31(12-10-30)43-25(2)57-23-78-43/h9-16,23,26,33-37,42,44,68H,17-22H2,1-8H3,(H2,55,71)(H,56,69)(H,58,75)(H,60,72)(H,61,73)(H,62,70)(H,63,74)/t26-,33-,34+,35-,36-,37+,42-,44-/m1/s1. The number of aryl methyl sites for hydroxylation is 3. The smallest absolute Gasteiger partial charge is 0.247 e. The van der Waals surface area contributed by atoms with E-state index in [1.165, 1.54) is 34.5 Å². The zero-order valence-electron chi connectivity index (χ0n) is 44.6. The van der Waals surface area contributed by atoms with Crippen LogP contribution < -0.4 is 37.6 Å². The number of thiophene rings is 1. The quantitative estimate of drug-likeness (QED) is 0.111. The summed E-state index contributed by atoms with van der Waals surface area (Å²) in [6, 6.07) is 4.66. The second-order valence-corrected chi connectivity index (χ2v) is 24.3. The van der Waals surface area contributed by atoms with Gasteiger partial charge in [0.05, 0.1) is 40.1 Å². The van der Waals surface area contributed by atoms with Gasteiger partial charge >= 0.3 is 0 Å². The number of aromatic nitrogens is 4. The van der Waals surface area contributed by atoms with E-state index in [1.54, 1.807) is 69.6 Å². The van der Waals surface area contributed by atoms with Crippen molar-refractivity contribution >= 4 is 99.0 Å². The number of halogens is 1. The number of rotatable bonds is 8. The Morgan fingerprint density at radius 1 is 0.873 bits per heavy atom. The SMILES string of the molecule is Cc1ncsc1-c1ccc([C@H]2NC(=O)[C@@H]3C[C@@H](O)CN3C(=O)[C@H](C(C)(C)C)NC(=O)CSC[C@H](C(N)=O)NC(=O)[C@@H](CNC(=O)C[C@@H]3N=C(c4ccc(Cl)cc4)c4c(sc(C)c4C)-n4c(C)nnc43)NC(=O)[C@@H](C)NC2=O)cc1. The third kappa shape index (κ3) is 13.0. The molecule has 0 bridgehead atoms. The molecule has 0 radical (unpaired) electrons. The zero-order valence-corrected chi connectivity index (χ0v) is 47.8. The van der Waals surface area contributed by atoms with E-state index < -0.39 is 108 Å². The van der Waals surface area contributed by atoms with E-state index >= 15 is 0 Å². The highest BCUT2D eigenvalue weighted by molar-refractivity contribution is 8.00. The maximum Gasteiger partial charge on any atom is 0.247 e. The van der Waals surface area contributed by atoms with Crippen molar-refractivity contribution in [3.8, 4) is 15.4 Å². The molecule has 8 atom stereocenters. The maximum absolute atomic E-state index is 14.5. The number of benzene rings is 2. The molecule has 5 aromatic rings. The second kappa shape index (κ2) is 24.1. The molecule has 2 fully saturated rings. The van der Waals surface area contributed by atoms with Crippen LogP contribution in [0.2, 0.25) is 5.02 Å². The van der Waals surface area contributed by atoms with Crippen LogP contribution in [0.4, 0.5) is 0 Å². The van der Waals surface area contributed by atoms with Gasteiger partial charge in [0, 0.05) is 46.3 Å². The van der Waals surface area contributed by atoms with Crippen LogP contribution in [0, 0.1) is 33.1 Å². The largest absolute Gasteiger partial charge is 0.391 e. The maximum atomic E-state index is 14.5. The molecule has 9 N–H and O–H groups in total. The Morgan fingerprint density at radius 3 is 2.23 bits per heavy atom. The third-order valence-electron chi connectivity index (χ3n) is 13.9. The fraction of sp³-hybridized carbons (Fsp3) is 0.434. The highest BCUT2D eigenvalue weighted by atomic mass is 35.5. The van der Waals surface area contributed by atoms with Crippen LogP contribution in [0.5, 0.6) is 0 Å². The molecular weight excluding hydrogens is 1090 g/mol. The monoisotopic (exact) mass is 1160 g/mol. The number of carbonyl (C=O) groups is 8. The Bertz CT molecular complexity index is 3230. The van der Waals surface area contributed by atoms with Crippen molar-refractivity contribution in [2.24, 2.45) is 16.1 Å². The van der Waals surface area contributed by atoms with E-state index in [0.717, 1.165) is 54.5 Å². The summed E-state index contributed by atoms with van der Waals surface area (Å²) in [6.07, 6.45) is -1.60. The van der Waals surface area contributed by atoms with Gasteiger partial charge in [-0.05, 0) is 68.9 Å². The molecule has 8 amide bonds. The van der Waals surface area contributed by atoms with E-state index in [2.05, 4.69) is 47.1 Å². The Morgan fingerprint density at radius 2 is 1.57 bits per heavy atom. The molecule has 0 aliphatic carbocycles. The summed E-state index contributed by atoms with van der Waals surface area (Å²) in [7, 11) is 0. The molecule has 0 spiro atoms. The summed E-state index contributed by atoms with van der Waals surface area (Å²) in [4.78, 5) is 125. The van der Waals surface area contributed by atoms with Gasteiger partial charge in [0.1, 0.15) is 53.1 Å². The summed E-state index contributed by atoms with van der Waals surface area (Å²) >= 11 is 10.2. The van der Waals surface area contributed by atoms with Gasteiger partial charge in [0.15, 0.2) is 5.82 Å². The lowest BCUT2D eigenvalue weighted by Gasteiger charge is -2.35. The fourth-order valence-corrected chi connectivity index (χ4v) is 12.5. The number of nitrogens with one attached hydrogen (secondary N) is 6. The second-order valence-electron chi connectivity index (χ2n) is 20.8. The number of thioether (sulfide) groups is 1. The lowest BCUT2D eigenvalue weighted by Crippen LogP contribution is -2.60. The number of aliphatic hydroxyl groups is 1. The fourth-order valence-electron chi connectivity index (χ4n) is 9.47. The van der Waals surface area contributed by atoms with Crippen molar-refractivity contribution in [1.29, 1.82) is 0 Å². The lowest BCUT2D eigenvalue weighted by atomic mass is 9.85.